The van der Waals surface area contributed by atoms with Crippen LogP contribution in [0.4, 0.5) is 0 Å². The first-order valence-electron chi connectivity index (χ1n) is 9.11. The predicted molar refractivity (Wildman–Crippen MR) is 96.8 cm³/mol. The highest BCUT2D eigenvalue weighted by Crippen LogP contribution is 2.21. The van der Waals surface area contributed by atoms with Crippen molar-refractivity contribution in [2.45, 2.75) is 25.3 Å². The summed E-state index contributed by atoms with van der Waals surface area (Å²) in [6.45, 7) is 5.09. The quantitative estimate of drug-likeness (QED) is 0.847. The summed E-state index contributed by atoms with van der Waals surface area (Å²) in [5, 5.41) is 0. The summed E-state index contributed by atoms with van der Waals surface area (Å²) in [5.41, 5.74) is 6.60. The Hall–Kier alpha value is -2.12. The van der Waals surface area contributed by atoms with Gasteiger partial charge in [-0.15, -0.1) is 0 Å². The number of carbonyl (C=O) groups excluding carboxylic acids is 2. The molecule has 0 spiro atoms. The number of ether oxygens (including phenoxy) is 2. The number of piperazine rings is 1. The summed E-state index contributed by atoms with van der Waals surface area (Å²) in [7, 11) is 0. The molecule has 26 heavy (non-hydrogen) atoms. The van der Waals surface area contributed by atoms with Crippen LogP contribution in [-0.2, 0) is 14.3 Å². The molecule has 2 saturated heterocycles. The molecule has 2 amide bonds. The van der Waals surface area contributed by atoms with Crippen LogP contribution < -0.4 is 10.5 Å². The average Bonchev–Trinajstić information content (AvgIpc) is 2.67. The fraction of sp³-hybridized carbons (Fsp3) is 0.579. The van der Waals surface area contributed by atoms with Gasteiger partial charge < -0.3 is 25.0 Å². The molecule has 142 valence electrons. The van der Waals surface area contributed by atoms with Gasteiger partial charge in [-0.3, -0.25) is 9.59 Å². The van der Waals surface area contributed by atoms with E-state index in [-0.39, 0.29) is 18.4 Å². The van der Waals surface area contributed by atoms with Crippen LogP contribution in [0.25, 0.3) is 0 Å². The molecule has 0 unspecified atom stereocenters. The number of carbonyl (C=O) groups is 2. The van der Waals surface area contributed by atoms with Gasteiger partial charge in [0.1, 0.15) is 5.75 Å². The van der Waals surface area contributed by atoms with E-state index in [0.717, 1.165) is 5.56 Å². The number of amides is 2. The number of hydrogen-bond donors (Lipinski definition) is 1. The lowest BCUT2D eigenvalue weighted by Crippen LogP contribution is -2.61. The molecule has 1 aromatic rings. The number of rotatable bonds is 4. The van der Waals surface area contributed by atoms with Gasteiger partial charge in [0, 0.05) is 39.4 Å². The minimum atomic E-state index is -0.820. The fourth-order valence-corrected chi connectivity index (χ4v) is 3.29. The summed E-state index contributed by atoms with van der Waals surface area (Å²) in [5.74, 6) is 0.595. The third-order valence-electron chi connectivity index (χ3n) is 5.11. The molecule has 2 heterocycles. The van der Waals surface area contributed by atoms with E-state index in [0.29, 0.717) is 58.0 Å². The normalized spacial score (nSPS) is 19.9. The first kappa shape index (κ1) is 18.7. The molecule has 1 aromatic carbocycles. The van der Waals surface area contributed by atoms with E-state index in [9.17, 15) is 9.59 Å². The van der Waals surface area contributed by atoms with E-state index in [2.05, 4.69) is 0 Å². The van der Waals surface area contributed by atoms with Crippen molar-refractivity contribution in [1.82, 2.24) is 9.80 Å². The molecule has 3 rings (SSSR count). The van der Waals surface area contributed by atoms with Crippen molar-refractivity contribution in [2.24, 2.45) is 5.73 Å². The number of hydrogen-bond acceptors (Lipinski definition) is 5. The first-order valence-corrected chi connectivity index (χ1v) is 9.11. The largest absolute Gasteiger partial charge is 0.484 e. The smallest absolute Gasteiger partial charge is 0.260 e. The molecule has 7 heteroatoms. The lowest BCUT2D eigenvalue weighted by atomic mass is 9.89. The zero-order valence-corrected chi connectivity index (χ0v) is 15.3. The molecule has 0 bridgehead atoms. The van der Waals surface area contributed by atoms with Gasteiger partial charge in [0.2, 0.25) is 5.91 Å². The lowest BCUT2D eigenvalue weighted by molar-refractivity contribution is -0.146. The van der Waals surface area contributed by atoms with Crippen LogP contribution in [0.2, 0.25) is 0 Å². The van der Waals surface area contributed by atoms with E-state index in [1.807, 2.05) is 31.2 Å². The van der Waals surface area contributed by atoms with Gasteiger partial charge in [-0.05, 0) is 31.9 Å². The van der Waals surface area contributed by atoms with Gasteiger partial charge in [0.15, 0.2) is 6.61 Å². The van der Waals surface area contributed by atoms with Crippen LogP contribution in [0, 0.1) is 6.92 Å². The Morgan fingerprint density at radius 3 is 2.27 bits per heavy atom. The molecule has 0 saturated carbocycles. The second kappa shape index (κ2) is 8.05. The van der Waals surface area contributed by atoms with Gasteiger partial charge in [-0.25, -0.2) is 0 Å². The Balaban J connectivity index is 1.46. The van der Waals surface area contributed by atoms with Gasteiger partial charge in [-0.1, -0.05) is 17.7 Å². The van der Waals surface area contributed by atoms with Crippen molar-refractivity contribution < 1.29 is 19.1 Å². The summed E-state index contributed by atoms with van der Waals surface area (Å²) >= 11 is 0. The van der Waals surface area contributed by atoms with Gasteiger partial charge >= 0.3 is 0 Å². The Kier molecular flexibility index (Phi) is 5.78. The Morgan fingerprint density at radius 1 is 1.08 bits per heavy atom. The third kappa shape index (κ3) is 4.34. The van der Waals surface area contributed by atoms with Crippen LogP contribution in [-0.4, -0.2) is 73.2 Å². The molecule has 7 nitrogen and oxygen atoms in total. The number of nitrogens with two attached hydrogens (primary N) is 1. The Labute approximate surface area is 154 Å². The topological polar surface area (TPSA) is 85.1 Å². The monoisotopic (exact) mass is 361 g/mol. The summed E-state index contributed by atoms with van der Waals surface area (Å²) in [4.78, 5) is 28.6. The highest BCUT2D eigenvalue weighted by Gasteiger charge is 2.40. The second-order valence-corrected chi connectivity index (χ2v) is 7.04. The predicted octanol–water partition coefficient (Wildman–Crippen LogP) is 0.553. The molecule has 0 atom stereocenters. The van der Waals surface area contributed by atoms with Gasteiger partial charge in [-0.2, -0.15) is 0 Å². The molecule has 2 fully saturated rings. The lowest BCUT2D eigenvalue weighted by Gasteiger charge is -2.40. The number of aryl methyl sites for hydroxylation is 1. The van der Waals surface area contributed by atoms with Crippen molar-refractivity contribution >= 4 is 11.8 Å². The summed E-state index contributed by atoms with van der Waals surface area (Å²) < 4.78 is 10.9. The maximum Gasteiger partial charge on any atom is 0.260 e. The fourth-order valence-electron chi connectivity index (χ4n) is 3.29. The van der Waals surface area contributed by atoms with Crippen molar-refractivity contribution in [3.8, 4) is 5.75 Å². The van der Waals surface area contributed by atoms with Crippen LogP contribution in [0.3, 0.4) is 0 Å². The molecule has 2 aliphatic rings. The number of benzene rings is 1. The number of nitrogens with zero attached hydrogens (tertiary/aromatic N) is 2. The molecule has 0 radical (unpaired) electrons. The molecule has 2 N–H and O–H groups in total. The van der Waals surface area contributed by atoms with E-state index in [1.165, 1.54) is 0 Å². The maximum atomic E-state index is 12.7. The minimum absolute atomic E-state index is 0.00910. The standard InChI is InChI=1S/C19H27N3O4/c1-15-2-4-16(5-3-15)26-14-17(23)21-8-10-22(11-9-21)18(24)19(20)6-12-25-13-7-19/h2-5H,6-14,20H2,1H3. The van der Waals surface area contributed by atoms with Crippen LogP contribution in [0.5, 0.6) is 5.75 Å². The van der Waals surface area contributed by atoms with Gasteiger partial charge in [0.05, 0.1) is 5.54 Å². The third-order valence-corrected chi connectivity index (χ3v) is 5.11. The van der Waals surface area contributed by atoms with Crippen LogP contribution in [0.15, 0.2) is 24.3 Å². The molecular formula is C19H27N3O4. The van der Waals surface area contributed by atoms with E-state index >= 15 is 0 Å². The van der Waals surface area contributed by atoms with Crippen LogP contribution in [0.1, 0.15) is 18.4 Å². The molecule has 2 aliphatic heterocycles. The summed E-state index contributed by atoms with van der Waals surface area (Å²) in [6.07, 6.45) is 1.10. The van der Waals surface area contributed by atoms with E-state index < -0.39 is 5.54 Å². The molecular weight excluding hydrogens is 334 g/mol. The van der Waals surface area contributed by atoms with Crippen molar-refractivity contribution in [1.29, 1.82) is 0 Å². The van der Waals surface area contributed by atoms with Gasteiger partial charge in [0.25, 0.3) is 5.91 Å². The SMILES string of the molecule is Cc1ccc(OCC(=O)N2CCN(C(=O)C3(N)CCOCC3)CC2)cc1. The van der Waals surface area contributed by atoms with E-state index in [1.54, 1.807) is 9.80 Å². The minimum Gasteiger partial charge on any atom is -0.484 e. The summed E-state index contributed by atoms with van der Waals surface area (Å²) in [6, 6.07) is 7.61. The van der Waals surface area contributed by atoms with Crippen molar-refractivity contribution in [3.63, 3.8) is 0 Å². The zero-order chi connectivity index (χ0) is 18.6. The average molecular weight is 361 g/mol. The van der Waals surface area contributed by atoms with Crippen LogP contribution >= 0.6 is 0 Å². The Morgan fingerprint density at radius 2 is 1.65 bits per heavy atom. The van der Waals surface area contributed by atoms with E-state index in [4.69, 9.17) is 15.2 Å². The first-order chi connectivity index (χ1) is 12.5. The molecule has 0 aromatic heterocycles. The maximum absolute atomic E-state index is 12.7. The molecule has 0 aliphatic carbocycles. The highest BCUT2D eigenvalue weighted by molar-refractivity contribution is 5.86. The second-order valence-electron chi connectivity index (χ2n) is 7.04. The highest BCUT2D eigenvalue weighted by atomic mass is 16.5. The van der Waals surface area contributed by atoms with Crippen molar-refractivity contribution in [2.75, 3.05) is 46.0 Å². The zero-order valence-electron chi connectivity index (χ0n) is 15.3. The Bertz CT molecular complexity index is 633. The van der Waals surface area contributed by atoms with Crippen molar-refractivity contribution in [3.05, 3.63) is 29.8 Å².